The molecule has 10 rings (SSSR count). The highest BCUT2D eigenvalue weighted by Crippen LogP contribution is 2.45. The van der Waals surface area contributed by atoms with Gasteiger partial charge in [-0.2, -0.15) is 4.40 Å². The fourth-order valence-corrected chi connectivity index (χ4v) is 15.0. The summed E-state index contributed by atoms with van der Waals surface area (Å²) < 4.78 is 5.16. The highest BCUT2D eigenvalue weighted by Gasteiger charge is 2.50. The highest BCUT2D eigenvalue weighted by atomic mass is 28.3. The van der Waals surface area contributed by atoms with E-state index in [0.29, 0.717) is 11.8 Å². The molecule has 0 atom stereocenters. The Morgan fingerprint density at radius 2 is 1.24 bits per heavy atom. The van der Waals surface area contributed by atoms with Crippen molar-refractivity contribution in [1.82, 2.24) is 4.40 Å². The van der Waals surface area contributed by atoms with Gasteiger partial charge in [-0.1, -0.05) is 149 Å². The maximum Gasteiger partial charge on any atom is 0.296 e. The summed E-state index contributed by atoms with van der Waals surface area (Å²) in [6, 6.07) is 50.7. The van der Waals surface area contributed by atoms with Crippen LogP contribution in [0.5, 0.6) is 0 Å². The number of aromatic nitrogens is 2. The topological polar surface area (TPSA) is 11.5 Å². The molecule has 248 valence electrons. The summed E-state index contributed by atoms with van der Waals surface area (Å²) in [5.74, 6) is 0.829. The Hall–Kier alpha value is -5.45. The Balaban J connectivity index is 1.40. The van der Waals surface area contributed by atoms with Crippen molar-refractivity contribution in [3.05, 3.63) is 156 Å². The summed E-state index contributed by atoms with van der Waals surface area (Å²) in [6.07, 6.45) is 2.47. The zero-order chi connectivity index (χ0) is 34.6. The van der Waals surface area contributed by atoms with Gasteiger partial charge < -0.3 is 4.90 Å². The SMILES string of the molecule is CC(C)c1cccc(C(C)C)c1-c1c[n+]2c3c4c(c5c(cc4c4ccccc4n13)[Si](c1ccccc1)(c1ccccc1)c1ccccc1N5C)C2. The lowest BCUT2D eigenvalue weighted by Gasteiger charge is -2.44. The number of pyridine rings is 1. The van der Waals surface area contributed by atoms with Crippen LogP contribution in [0.25, 0.3) is 38.6 Å². The van der Waals surface area contributed by atoms with Crippen LogP contribution in [-0.2, 0) is 6.54 Å². The quantitative estimate of drug-likeness (QED) is 0.102. The first-order valence-corrected chi connectivity index (χ1v) is 20.4. The summed E-state index contributed by atoms with van der Waals surface area (Å²) in [5, 5.41) is 9.86. The van der Waals surface area contributed by atoms with Crippen LogP contribution in [0, 0.1) is 0 Å². The van der Waals surface area contributed by atoms with Gasteiger partial charge in [0.05, 0.1) is 5.39 Å². The van der Waals surface area contributed by atoms with E-state index in [1.54, 1.807) is 0 Å². The Labute approximate surface area is 301 Å². The van der Waals surface area contributed by atoms with Crippen LogP contribution < -0.4 is 30.2 Å². The predicted octanol–water partition coefficient (Wildman–Crippen LogP) is 8.27. The molecule has 2 aliphatic heterocycles. The minimum Gasteiger partial charge on any atom is -0.344 e. The summed E-state index contributed by atoms with van der Waals surface area (Å²) >= 11 is 0. The minimum absolute atomic E-state index is 0.415. The molecule has 2 aromatic heterocycles. The maximum atomic E-state index is 2.62. The summed E-state index contributed by atoms with van der Waals surface area (Å²) in [7, 11) is -0.455. The molecule has 8 aromatic rings. The number of fused-ring (bicyclic) bond motifs is 6. The van der Waals surface area contributed by atoms with Crippen molar-refractivity contribution in [2.45, 2.75) is 46.1 Å². The van der Waals surface area contributed by atoms with Crippen LogP contribution in [0.4, 0.5) is 11.4 Å². The van der Waals surface area contributed by atoms with Gasteiger partial charge in [-0.25, -0.2) is 4.57 Å². The predicted molar refractivity (Wildman–Crippen MR) is 217 cm³/mol. The van der Waals surface area contributed by atoms with Gasteiger partial charge in [-0.3, -0.25) is 0 Å². The molecule has 0 radical (unpaired) electrons. The lowest BCUT2D eigenvalue weighted by molar-refractivity contribution is -0.656. The average Bonchev–Trinajstić information content (AvgIpc) is 3.73. The first-order valence-electron chi connectivity index (χ1n) is 18.4. The molecule has 3 nitrogen and oxygen atoms in total. The standard InChI is InChI=1S/C47H42N3Si/c1-30(2)34-22-16-23-35(31(3)4)44(34)41-29-49-28-38-45-37(36-21-12-13-24-39(36)50(41)47(45)49)27-43-46(38)48(5)40-25-14-15-26-42(40)51(43,32-17-8-6-9-18-32)33-19-10-7-11-20-33/h6-27,29-31H,28H2,1-5H3/q+1. The van der Waals surface area contributed by atoms with Gasteiger partial charge >= 0.3 is 0 Å². The van der Waals surface area contributed by atoms with Gasteiger partial charge in [0.1, 0.15) is 18.3 Å². The van der Waals surface area contributed by atoms with Gasteiger partial charge in [0, 0.05) is 40.3 Å². The van der Waals surface area contributed by atoms with Crippen LogP contribution in [0.15, 0.2) is 140 Å². The number of hydrogen-bond donors (Lipinski definition) is 0. The Morgan fingerprint density at radius 1 is 0.627 bits per heavy atom. The molecular weight excluding hydrogens is 635 g/mol. The first kappa shape index (κ1) is 30.4. The molecule has 0 aliphatic carbocycles. The first-order chi connectivity index (χ1) is 24.9. The second-order valence-electron chi connectivity index (χ2n) is 15.2. The van der Waals surface area contributed by atoms with Gasteiger partial charge in [0.25, 0.3) is 5.65 Å². The summed E-state index contributed by atoms with van der Waals surface area (Å²) in [5.41, 5.74) is 12.2. The van der Waals surface area contributed by atoms with E-state index in [-0.39, 0.29) is 0 Å². The fraction of sp³-hybridized carbons (Fsp3) is 0.170. The largest absolute Gasteiger partial charge is 0.344 e. The van der Waals surface area contributed by atoms with Crippen molar-refractivity contribution >= 4 is 67.5 Å². The average molecular weight is 677 g/mol. The molecule has 0 fully saturated rings. The van der Waals surface area contributed by atoms with E-state index in [2.05, 4.69) is 188 Å². The maximum absolute atomic E-state index is 2.75. The molecule has 0 N–H and O–H groups in total. The fourth-order valence-electron chi connectivity index (χ4n) is 9.75. The third kappa shape index (κ3) is 3.97. The second-order valence-corrected chi connectivity index (χ2v) is 18.9. The molecule has 0 saturated carbocycles. The smallest absolute Gasteiger partial charge is 0.296 e. The third-order valence-electron chi connectivity index (χ3n) is 11.8. The van der Waals surface area contributed by atoms with E-state index in [0.717, 1.165) is 6.54 Å². The van der Waals surface area contributed by atoms with E-state index >= 15 is 0 Å². The Bertz CT molecular complexity index is 2620. The van der Waals surface area contributed by atoms with E-state index in [4.69, 9.17) is 0 Å². The van der Waals surface area contributed by atoms with Gasteiger partial charge in [-0.15, -0.1) is 0 Å². The molecule has 0 unspecified atom stereocenters. The number of nitrogens with zero attached hydrogens (tertiary/aromatic N) is 3. The molecular formula is C47H42N3Si+. The summed E-state index contributed by atoms with van der Waals surface area (Å²) in [6.45, 7) is 10.2. The van der Waals surface area contributed by atoms with Gasteiger partial charge in [0.15, 0.2) is 13.8 Å². The van der Waals surface area contributed by atoms with Crippen LogP contribution in [0.2, 0.25) is 0 Å². The van der Waals surface area contributed by atoms with Gasteiger partial charge in [0.2, 0.25) is 0 Å². The molecule has 2 aliphatic rings. The van der Waals surface area contributed by atoms with Crippen molar-refractivity contribution in [3.8, 4) is 11.3 Å². The Kier molecular flexibility index (Phi) is 6.56. The van der Waals surface area contributed by atoms with Crippen molar-refractivity contribution < 1.29 is 4.57 Å². The number of hydrogen-bond acceptors (Lipinski definition) is 1. The van der Waals surface area contributed by atoms with Crippen molar-refractivity contribution in [2.75, 3.05) is 11.9 Å². The molecule has 0 saturated heterocycles. The normalized spacial score (nSPS) is 14.4. The van der Waals surface area contributed by atoms with Gasteiger partial charge in [-0.05, 0) is 55.8 Å². The lowest BCUT2D eigenvalue weighted by atomic mass is 9.87. The highest BCUT2D eigenvalue weighted by molar-refractivity contribution is 7.21. The second kappa shape index (κ2) is 11.0. The minimum atomic E-state index is -2.75. The van der Waals surface area contributed by atoms with E-state index in [9.17, 15) is 0 Å². The van der Waals surface area contributed by atoms with Crippen LogP contribution in [0.1, 0.15) is 56.2 Å². The zero-order valence-electron chi connectivity index (χ0n) is 30.0. The molecule has 51 heavy (non-hydrogen) atoms. The number of imidazole rings is 1. The third-order valence-corrected chi connectivity index (χ3v) is 16.7. The van der Waals surface area contributed by atoms with Crippen LogP contribution in [0.3, 0.4) is 0 Å². The van der Waals surface area contributed by atoms with E-state index in [1.165, 1.54) is 87.4 Å². The molecule has 6 aromatic carbocycles. The molecule has 0 bridgehead atoms. The van der Waals surface area contributed by atoms with Crippen molar-refractivity contribution in [1.29, 1.82) is 0 Å². The Morgan fingerprint density at radius 3 is 1.90 bits per heavy atom. The number of para-hydroxylation sites is 2. The monoisotopic (exact) mass is 676 g/mol. The zero-order valence-corrected chi connectivity index (χ0v) is 31.0. The van der Waals surface area contributed by atoms with Crippen LogP contribution >= 0.6 is 0 Å². The lowest BCUT2D eigenvalue weighted by Crippen LogP contribution is -2.77. The number of benzene rings is 6. The van der Waals surface area contributed by atoms with E-state index in [1.807, 2.05) is 0 Å². The van der Waals surface area contributed by atoms with E-state index < -0.39 is 8.07 Å². The molecule has 0 spiro atoms. The van der Waals surface area contributed by atoms with Crippen molar-refractivity contribution in [2.24, 2.45) is 0 Å². The number of rotatable bonds is 5. The number of anilines is 2. The summed E-state index contributed by atoms with van der Waals surface area (Å²) in [4.78, 5) is 2.51. The molecule has 0 amide bonds. The van der Waals surface area contributed by atoms with Crippen molar-refractivity contribution in [3.63, 3.8) is 0 Å². The molecule has 4 heterocycles. The van der Waals surface area contributed by atoms with Crippen LogP contribution in [-0.4, -0.2) is 19.5 Å². The molecule has 4 heteroatoms.